The maximum atomic E-state index is 13.5. The Morgan fingerprint density at radius 1 is 1.09 bits per heavy atom. The van der Waals surface area contributed by atoms with Crippen molar-refractivity contribution < 1.29 is 9.53 Å². The molecule has 0 saturated heterocycles. The van der Waals surface area contributed by atoms with Crippen LogP contribution in [0.1, 0.15) is 12.5 Å². The van der Waals surface area contributed by atoms with Crippen LogP contribution in [-0.2, 0) is 4.79 Å². The van der Waals surface area contributed by atoms with E-state index < -0.39 is 5.91 Å². The van der Waals surface area contributed by atoms with Crippen molar-refractivity contribution in [1.82, 2.24) is 4.57 Å². The highest BCUT2D eigenvalue weighted by atomic mass is 35.5. The standard InChI is InChI=1S/C27H20ClN3O3S/c1-2-34-23-15-9-6-10-18(23)16-24-26(33)31(19-11-4-3-5-12-19)27(35-24)20(17-29)25(32)30-22-14-8-7-13-21(22)28/h3-16H,2H2,1H3,(H,30,32)/b24-16+,27-20-. The second-order valence-corrected chi connectivity index (χ2v) is 8.72. The summed E-state index contributed by atoms with van der Waals surface area (Å²) < 4.78 is 7.64. The first-order chi connectivity index (χ1) is 17.0. The summed E-state index contributed by atoms with van der Waals surface area (Å²) in [5, 5.41) is 13.0. The molecule has 0 saturated carbocycles. The Kier molecular flexibility index (Phi) is 7.46. The monoisotopic (exact) mass is 501 g/mol. The average Bonchev–Trinajstić information content (AvgIpc) is 3.18. The van der Waals surface area contributed by atoms with E-state index in [1.165, 1.54) is 4.57 Å². The number of ether oxygens (including phenoxy) is 1. The molecular weight excluding hydrogens is 482 g/mol. The fourth-order valence-electron chi connectivity index (χ4n) is 3.43. The van der Waals surface area contributed by atoms with Gasteiger partial charge in [-0.05, 0) is 43.3 Å². The van der Waals surface area contributed by atoms with Gasteiger partial charge in [-0.3, -0.25) is 14.2 Å². The van der Waals surface area contributed by atoms with Gasteiger partial charge in [0, 0.05) is 5.56 Å². The third kappa shape index (κ3) is 5.19. The molecule has 1 aromatic heterocycles. The van der Waals surface area contributed by atoms with Crippen molar-refractivity contribution in [3.8, 4) is 17.5 Å². The number of carbonyl (C=O) groups excluding carboxylic acids is 1. The first-order valence-electron chi connectivity index (χ1n) is 10.7. The van der Waals surface area contributed by atoms with E-state index in [2.05, 4.69) is 5.32 Å². The smallest absolute Gasteiger partial charge is 0.273 e. The molecule has 0 aliphatic rings. The van der Waals surface area contributed by atoms with Crippen molar-refractivity contribution in [2.75, 3.05) is 11.9 Å². The Balaban J connectivity index is 1.97. The number of aromatic nitrogens is 1. The molecule has 6 nitrogen and oxygen atoms in total. The summed E-state index contributed by atoms with van der Waals surface area (Å²) in [6.45, 7) is 2.36. The van der Waals surface area contributed by atoms with Gasteiger partial charge in [-0.15, -0.1) is 11.3 Å². The molecule has 0 fully saturated rings. The number of nitrogens with one attached hydrogen (secondary N) is 1. The lowest BCUT2D eigenvalue weighted by molar-refractivity contribution is -0.111. The summed E-state index contributed by atoms with van der Waals surface area (Å²) in [6.07, 6.45) is 1.71. The highest BCUT2D eigenvalue weighted by Crippen LogP contribution is 2.21. The second kappa shape index (κ2) is 10.9. The molecule has 4 aromatic rings. The van der Waals surface area contributed by atoms with Gasteiger partial charge < -0.3 is 10.1 Å². The number of nitriles is 1. The first kappa shape index (κ1) is 24.0. The number of hydrogen-bond donors (Lipinski definition) is 1. The van der Waals surface area contributed by atoms with Crippen LogP contribution < -0.4 is 24.8 Å². The van der Waals surface area contributed by atoms with Crippen LogP contribution in [0.4, 0.5) is 5.69 Å². The molecule has 174 valence electrons. The molecular formula is C27H20ClN3O3S. The predicted molar refractivity (Wildman–Crippen MR) is 139 cm³/mol. The zero-order valence-electron chi connectivity index (χ0n) is 18.7. The maximum absolute atomic E-state index is 13.5. The van der Waals surface area contributed by atoms with E-state index in [0.29, 0.717) is 33.3 Å². The van der Waals surface area contributed by atoms with Gasteiger partial charge in [-0.25, -0.2) is 0 Å². The zero-order valence-corrected chi connectivity index (χ0v) is 20.3. The highest BCUT2D eigenvalue weighted by Gasteiger charge is 2.18. The normalized spacial score (nSPS) is 12.1. The molecule has 8 heteroatoms. The molecule has 3 aromatic carbocycles. The van der Waals surface area contributed by atoms with Gasteiger partial charge >= 0.3 is 0 Å². The van der Waals surface area contributed by atoms with Crippen LogP contribution in [-0.4, -0.2) is 17.1 Å². The summed E-state index contributed by atoms with van der Waals surface area (Å²) >= 11 is 7.24. The fraction of sp³-hybridized carbons (Fsp3) is 0.0741. The lowest BCUT2D eigenvalue weighted by Gasteiger charge is -2.07. The molecule has 0 aliphatic heterocycles. The summed E-state index contributed by atoms with van der Waals surface area (Å²) in [4.78, 5) is 26.7. The lowest BCUT2D eigenvalue weighted by Crippen LogP contribution is -2.32. The van der Waals surface area contributed by atoms with Crippen molar-refractivity contribution in [2.24, 2.45) is 0 Å². The topological polar surface area (TPSA) is 84.1 Å². The molecule has 35 heavy (non-hydrogen) atoms. The van der Waals surface area contributed by atoms with Crippen LogP contribution in [0.3, 0.4) is 0 Å². The minimum atomic E-state index is -0.659. The van der Waals surface area contributed by atoms with Gasteiger partial charge in [0.2, 0.25) is 0 Å². The Morgan fingerprint density at radius 3 is 2.49 bits per heavy atom. The molecule has 0 bridgehead atoms. The third-order valence-electron chi connectivity index (χ3n) is 5.02. The number of carbonyl (C=O) groups is 1. The molecule has 1 heterocycles. The minimum Gasteiger partial charge on any atom is -0.493 e. The number of nitrogens with zero attached hydrogens (tertiary/aromatic N) is 2. The maximum Gasteiger partial charge on any atom is 0.273 e. The van der Waals surface area contributed by atoms with Crippen LogP contribution in [0.25, 0.3) is 17.3 Å². The van der Waals surface area contributed by atoms with E-state index >= 15 is 0 Å². The summed E-state index contributed by atoms with van der Waals surface area (Å²) in [7, 11) is 0. The Labute approximate surface area is 210 Å². The predicted octanol–water partition coefficient (Wildman–Crippen LogP) is 4.09. The Bertz CT molecular complexity index is 1600. The molecule has 1 N–H and O–H groups in total. The average molecular weight is 502 g/mol. The number of benzene rings is 3. The highest BCUT2D eigenvalue weighted by molar-refractivity contribution is 7.07. The van der Waals surface area contributed by atoms with Gasteiger partial charge in [-0.2, -0.15) is 5.26 Å². The molecule has 0 radical (unpaired) electrons. The molecule has 1 amide bonds. The van der Waals surface area contributed by atoms with Crippen molar-refractivity contribution in [2.45, 2.75) is 6.92 Å². The second-order valence-electron chi connectivity index (χ2n) is 7.28. The van der Waals surface area contributed by atoms with Crippen LogP contribution in [0.15, 0.2) is 83.7 Å². The molecule has 0 spiro atoms. The fourth-order valence-corrected chi connectivity index (χ4v) is 4.71. The quantitative estimate of drug-likeness (QED) is 0.431. The Morgan fingerprint density at radius 2 is 1.77 bits per heavy atom. The van der Waals surface area contributed by atoms with Gasteiger partial charge in [0.05, 0.1) is 27.5 Å². The van der Waals surface area contributed by atoms with Crippen LogP contribution in [0.2, 0.25) is 5.02 Å². The number of rotatable bonds is 6. The third-order valence-corrected chi connectivity index (χ3v) is 6.44. The summed E-state index contributed by atoms with van der Waals surface area (Å²) in [5.74, 6) is -0.0237. The van der Waals surface area contributed by atoms with E-state index in [0.717, 1.165) is 16.9 Å². The lowest BCUT2D eigenvalue weighted by atomic mass is 10.2. The van der Waals surface area contributed by atoms with E-state index in [-0.39, 0.29) is 15.8 Å². The van der Waals surface area contributed by atoms with Gasteiger partial charge in [0.15, 0.2) is 5.57 Å². The van der Waals surface area contributed by atoms with Crippen molar-refractivity contribution >= 4 is 46.2 Å². The summed E-state index contributed by atoms with van der Waals surface area (Å²) in [5.41, 5.74) is 1.09. The van der Waals surface area contributed by atoms with Gasteiger partial charge in [-0.1, -0.05) is 60.1 Å². The number of halogens is 1. The van der Waals surface area contributed by atoms with Crippen LogP contribution >= 0.6 is 22.9 Å². The van der Waals surface area contributed by atoms with Crippen molar-refractivity contribution in [1.29, 1.82) is 5.26 Å². The molecule has 0 aliphatic carbocycles. The largest absolute Gasteiger partial charge is 0.493 e. The van der Waals surface area contributed by atoms with Crippen LogP contribution in [0, 0.1) is 11.3 Å². The minimum absolute atomic E-state index is 0.200. The number of para-hydroxylation sites is 3. The van der Waals surface area contributed by atoms with E-state index in [9.17, 15) is 14.9 Å². The van der Waals surface area contributed by atoms with Gasteiger partial charge in [0.1, 0.15) is 16.5 Å². The Hall–Kier alpha value is -4.12. The molecule has 0 atom stereocenters. The summed E-state index contributed by atoms with van der Waals surface area (Å²) in [6, 6.07) is 25.0. The molecule has 0 unspecified atom stereocenters. The van der Waals surface area contributed by atoms with Crippen molar-refractivity contribution in [3.63, 3.8) is 0 Å². The number of anilines is 1. The zero-order chi connectivity index (χ0) is 24.8. The van der Waals surface area contributed by atoms with E-state index in [4.69, 9.17) is 16.3 Å². The number of amides is 1. The van der Waals surface area contributed by atoms with Crippen LogP contribution in [0.5, 0.6) is 5.75 Å². The number of thiazole rings is 1. The first-order valence-corrected chi connectivity index (χ1v) is 11.9. The number of hydrogen-bond acceptors (Lipinski definition) is 5. The van der Waals surface area contributed by atoms with Crippen molar-refractivity contribution in [3.05, 3.63) is 109 Å². The SMILES string of the molecule is CCOc1ccccc1/C=c1/s/c(=C(/C#N)C(=O)Nc2ccccc2Cl)n(-c2ccccc2)c1=O. The van der Waals surface area contributed by atoms with E-state index in [1.54, 1.807) is 54.6 Å². The van der Waals surface area contributed by atoms with E-state index in [1.807, 2.05) is 43.3 Å². The van der Waals surface area contributed by atoms with Gasteiger partial charge in [0.25, 0.3) is 11.5 Å². The molecule has 4 rings (SSSR count).